The summed E-state index contributed by atoms with van der Waals surface area (Å²) in [7, 11) is 1.63. The summed E-state index contributed by atoms with van der Waals surface area (Å²) in [5, 5.41) is 0. The summed E-state index contributed by atoms with van der Waals surface area (Å²) in [6, 6.07) is 11.5. The number of halogens is 2. The van der Waals surface area contributed by atoms with Crippen LogP contribution in [0.2, 0.25) is 0 Å². The van der Waals surface area contributed by atoms with Crippen LogP contribution in [0.4, 0.5) is 4.39 Å². The van der Waals surface area contributed by atoms with Crippen molar-refractivity contribution in [3.63, 3.8) is 0 Å². The molecule has 102 valence electrons. The molecule has 0 spiro atoms. The van der Waals surface area contributed by atoms with E-state index in [9.17, 15) is 9.18 Å². The van der Waals surface area contributed by atoms with E-state index >= 15 is 0 Å². The van der Waals surface area contributed by atoms with E-state index < -0.39 is 0 Å². The topological polar surface area (TPSA) is 26.3 Å². The second-order valence-corrected chi connectivity index (χ2v) is 6.72. The van der Waals surface area contributed by atoms with Crippen molar-refractivity contribution in [1.29, 1.82) is 0 Å². The number of Topliss-reactive ketones (excluding diaryl/α,β-unsaturated/α-hetero) is 1. The molecular formula is C16H11FIO2-. The van der Waals surface area contributed by atoms with E-state index in [-0.39, 0.29) is 32.8 Å². The molecule has 0 amide bonds. The van der Waals surface area contributed by atoms with Gasteiger partial charge in [0, 0.05) is 0 Å². The van der Waals surface area contributed by atoms with Crippen LogP contribution in [0.15, 0.2) is 46.5 Å². The van der Waals surface area contributed by atoms with Gasteiger partial charge in [0.15, 0.2) is 0 Å². The number of ketones is 1. The first-order chi connectivity index (χ1) is 9.69. The predicted octanol–water partition coefficient (Wildman–Crippen LogP) is 0.330. The maximum atomic E-state index is 12.9. The Morgan fingerprint density at radius 1 is 1.15 bits per heavy atom. The third kappa shape index (κ3) is 2.35. The van der Waals surface area contributed by atoms with Gasteiger partial charge < -0.3 is 0 Å². The fourth-order valence-corrected chi connectivity index (χ4v) is 4.59. The molecule has 1 aliphatic rings. The Labute approximate surface area is 126 Å². The van der Waals surface area contributed by atoms with Crippen LogP contribution < -0.4 is 25.9 Å². The summed E-state index contributed by atoms with van der Waals surface area (Å²) in [5.74, 6) is 0.431. The summed E-state index contributed by atoms with van der Waals surface area (Å²) in [6.07, 6.45) is 0. The van der Waals surface area contributed by atoms with Gasteiger partial charge in [-0.1, -0.05) is 0 Å². The van der Waals surface area contributed by atoms with Crippen LogP contribution in [0.1, 0.15) is 15.9 Å². The molecule has 2 aromatic rings. The molecule has 0 fully saturated rings. The normalized spacial score (nSPS) is 13.2. The fourth-order valence-electron chi connectivity index (χ4n) is 2.03. The van der Waals surface area contributed by atoms with Crippen molar-refractivity contribution < 1.29 is 35.1 Å². The number of rotatable bonds is 3. The number of carbonyl (C=O) groups excluding carboxylic acids is 1. The van der Waals surface area contributed by atoms with Gasteiger partial charge in [-0.15, -0.1) is 0 Å². The van der Waals surface area contributed by atoms with E-state index in [1.807, 2.05) is 22.3 Å². The summed E-state index contributed by atoms with van der Waals surface area (Å²) in [4.78, 5) is 12.5. The van der Waals surface area contributed by atoms with Gasteiger partial charge in [0.25, 0.3) is 0 Å². The molecule has 1 heterocycles. The van der Waals surface area contributed by atoms with Crippen molar-refractivity contribution in [2.75, 3.05) is 7.11 Å². The molecule has 0 bridgehead atoms. The Hall–Kier alpha value is -1.69. The Morgan fingerprint density at radius 2 is 1.90 bits per heavy atom. The van der Waals surface area contributed by atoms with Crippen molar-refractivity contribution >= 4 is 11.4 Å². The minimum atomic E-state index is -0.334. The number of carbonyl (C=O) groups is 1. The van der Waals surface area contributed by atoms with Crippen LogP contribution in [0.5, 0.6) is 5.75 Å². The number of hydrogen-bond acceptors (Lipinski definition) is 2. The second kappa shape index (κ2) is 5.36. The summed E-state index contributed by atoms with van der Waals surface area (Å²) in [5.41, 5.74) is 2.22. The molecule has 2 nitrogen and oxygen atoms in total. The van der Waals surface area contributed by atoms with E-state index in [1.165, 1.54) is 27.8 Å². The monoisotopic (exact) mass is 381 g/mol. The fraction of sp³-hybridized carbons (Fsp3) is 0.0625. The van der Waals surface area contributed by atoms with Crippen LogP contribution in [-0.4, -0.2) is 12.9 Å². The van der Waals surface area contributed by atoms with Crippen molar-refractivity contribution in [3.05, 3.63) is 67.1 Å². The number of methoxy groups -OCH3 is 1. The SMILES string of the molecule is COc1ccc2c(c1)[I-]C=C2C(=O)c1ccc(F)cc1. The number of hydrogen-bond donors (Lipinski definition) is 0. The molecular weight excluding hydrogens is 370 g/mol. The van der Waals surface area contributed by atoms with E-state index in [1.54, 1.807) is 7.11 Å². The Morgan fingerprint density at radius 3 is 2.60 bits per heavy atom. The molecule has 2 aromatic carbocycles. The van der Waals surface area contributed by atoms with Gasteiger partial charge in [-0.05, 0) is 0 Å². The Bertz CT molecular complexity index is 705. The summed E-state index contributed by atoms with van der Waals surface area (Å²) in [6.45, 7) is 0. The van der Waals surface area contributed by atoms with Crippen LogP contribution >= 0.6 is 0 Å². The molecule has 0 saturated carbocycles. The molecule has 0 unspecified atom stereocenters. The van der Waals surface area contributed by atoms with E-state index in [4.69, 9.17) is 4.74 Å². The van der Waals surface area contributed by atoms with Crippen LogP contribution in [0.3, 0.4) is 0 Å². The molecule has 4 heteroatoms. The van der Waals surface area contributed by atoms with Crippen molar-refractivity contribution in [1.82, 2.24) is 0 Å². The van der Waals surface area contributed by atoms with Gasteiger partial charge >= 0.3 is 126 Å². The van der Waals surface area contributed by atoms with Crippen LogP contribution in [0, 0.1) is 9.39 Å². The number of fused-ring (bicyclic) bond motifs is 1. The van der Waals surface area contributed by atoms with E-state index in [2.05, 4.69) is 0 Å². The first kappa shape index (κ1) is 13.3. The number of ether oxygens (including phenoxy) is 1. The zero-order valence-electron chi connectivity index (χ0n) is 10.7. The molecule has 0 radical (unpaired) electrons. The van der Waals surface area contributed by atoms with Crippen molar-refractivity contribution in [3.8, 4) is 5.75 Å². The average molecular weight is 381 g/mol. The molecule has 1 aliphatic heterocycles. The van der Waals surface area contributed by atoms with Gasteiger partial charge in [0.05, 0.1) is 0 Å². The molecule has 20 heavy (non-hydrogen) atoms. The molecule has 0 N–H and O–H groups in total. The van der Waals surface area contributed by atoms with Crippen LogP contribution in [-0.2, 0) is 0 Å². The maximum absolute atomic E-state index is 12.9. The van der Waals surface area contributed by atoms with Gasteiger partial charge in [-0.2, -0.15) is 0 Å². The second-order valence-electron chi connectivity index (χ2n) is 4.31. The number of allylic oxidation sites excluding steroid dienone is 1. The Balaban J connectivity index is 1.94. The molecule has 0 aromatic heterocycles. The van der Waals surface area contributed by atoms with Gasteiger partial charge in [-0.3, -0.25) is 0 Å². The summed E-state index contributed by atoms with van der Waals surface area (Å²) >= 11 is -0.309. The molecule has 0 aliphatic carbocycles. The zero-order valence-corrected chi connectivity index (χ0v) is 12.8. The zero-order chi connectivity index (χ0) is 14.1. The van der Waals surface area contributed by atoms with Gasteiger partial charge in [-0.25, -0.2) is 0 Å². The van der Waals surface area contributed by atoms with E-state index in [0.29, 0.717) is 5.56 Å². The minimum absolute atomic E-state index is 0.0476. The predicted molar refractivity (Wildman–Crippen MR) is 70.4 cm³/mol. The molecule has 0 saturated heterocycles. The number of benzene rings is 2. The average Bonchev–Trinajstić information content (AvgIpc) is 2.90. The first-order valence-corrected chi connectivity index (χ1v) is 8.34. The Kier molecular flexibility index (Phi) is 3.56. The quantitative estimate of drug-likeness (QED) is 0.566. The molecule has 3 rings (SSSR count). The van der Waals surface area contributed by atoms with E-state index in [0.717, 1.165) is 16.9 Å². The molecule has 0 atom stereocenters. The third-order valence-corrected chi connectivity index (χ3v) is 5.60. The van der Waals surface area contributed by atoms with Crippen molar-refractivity contribution in [2.45, 2.75) is 0 Å². The van der Waals surface area contributed by atoms with Crippen LogP contribution in [0.25, 0.3) is 5.57 Å². The summed E-state index contributed by atoms with van der Waals surface area (Å²) < 4.78 is 21.3. The standard InChI is InChI=1S/C16H11FIO2/c1-20-12-6-7-13-14(9-18-15(13)8-12)16(19)10-2-4-11(17)5-3-10/h2-9H,1H3/q-1. The van der Waals surface area contributed by atoms with Crippen molar-refractivity contribution in [2.24, 2.45) is 0 Å². The first-order valence-electron chi connectivity index (χ1n) is 6.01. The third-order valence-electron chi connectivity index (χ3n) is 3.10. The van der Waals surface area contributed by atoms with Gasteiger partial charge in [0.2, 0.25) is 0 Å². The van der Waals surface area contributed by atoms with Gasteiger partial charge in [0.1, 0.15) is 0 Å².